The van der Waals surface area contributed by atoms with E-state index in [0.717, 1.165) is 11.8 Å². The molecule has 0 bridgehead atoms. The molecule has 0 N–H and O–H groups in total. The molecule has 2 fully saturated rings. The molecule has 2 rings (SSSR count). The zero-order valence-electron chi connectivity index (χ0n) is 6.19. The van der Waals surface area contributed by atoms with Gasteiger partial charge in [0.15, 0.2) is 0 Å². The molecule has 0 aliphatic heterocycles. The highest BCUT2D eigenvalue weighted by Crippen LogP contribution is 2.51. The standard InChI is InChI=1S/C9H15/c1-7-4-2-3-5-8-6-9(7)8/h8-9H,2-6H2,1H3/q+1. The number of fused-ring (bicyclic) bond motifs is 1. The van der Waals surface area contributed by atoms with Crippen LogP contribution in [0.4, 0.5) is 0 Å². The Morgan fingerprint density at radius 3 is 3.11 bits per heavy atom. The monoisotopic (exact) mass is 123 g/mol. The average molecular weight is 123 g/mol. The maximum Gasteiger partial charge on any atom is 0.103 e. The van der Waals surface area contributed by atoms with Crippen molar-refractivity contribution in [3.63, 3.8) is 0 Å². The lowest BCUT2D eigenvalue weighted by molar-refractivity contribution is 0.651. The first kappa shape index (κ1) is 5.64. The summed E-state index contributed by atoms with van der Waals surface area (Å²) in [5.41, 5.74) is 0. The Morgan fingerprint density at radius 2 is 2.22 bits per heavy atom. The molecule has 0 aromatic heterocycles. The highest BCUT2D eigenvalue weighted by Gasteiger charge is 2.49. The summed E-state index contributed by atoms with van der Waals surface area (Å²) in [5.74, 6) is 4.01. The van der Waals surface area contributed by atoms with Crippen molar-refractivity contribution in [2.75, 3.05) is 0 Å². The van der Waals surface area contributed by atoms with E-state index in [1.54, 1.807) is 5.92 Å². The van der Waals surface area contributed by atoms with Gasteiger partial charge in [-0.25, -0.2) is 0 Å². The van der Waals surface area contributed by atoms with Gasteiger partial charge in [0.1, 0.15) is 5.92 Å². The van der Waals surface area contributed by atoms with Crippen LogP contribution in [0.5, 0.6) is 0 Å². The summed E-state index contributed by atoms with van der Waals surface area (Å²) in [5, 5.41) is 0. The second-order valence-electron chi connectivity index (χ2n) is 3.69. The van der Waals surface area contributed by atoms with Crippen LogP contribution in [0.2, 0.25) is 0 Å². The predicted octanol–water partition coefficient (Wildman–Crippen LogP) is 2.79. The zero-order valence-corrected chi connectivity index (χ0v) is 6.19. The van der Waals surface area contributed by atoms with Crippen molar-refractivity contribution >= 4 is 0 Å². The van der Waals surface area contributed by atoms with E-state index in [-0.39, 0.29) is 0 Å². The molecule has 2 aliphatic carbocycles. The molecule has 0 aromatic carbocycles. The van der Waals surface area contributed by atoms with Gasteiger partial charge in [0, 0.05) is 5.92 Å². The van der Waals surface area contributed by atoms with Crippen molar-refractivity contribution in [2.45, 2.75) is 39.0 Å². The van der Waals surface area contributed by atoms with Gasteiger partial charge in [-0.3, -0.25) is 0 Å². The van der Waals surface area contributed by atoms with Crippen molar-refractivity contribution in [2.24, 2.45) is 11.8 Å². The normalized spacial score (nSPS) is 41.7. The SMILES string of the molecule is C[C+]1CCCCC2CC12. The van der Waals surface area contributed by atoms with Crippen LogP contribution in [-0.2, 0) is 0 Å². The van der Waals surface area contributed by atoms with Gasteiger partial charge < -0.3 is 0 Å². The van der Waals surface area contributed by atoms with E-state index < -0.39 is 0 Å². The third-order valence-corrected chi connectivity index (χ3v) is 2.95. The Bertz CT molecular complexity index is 107. The maximum atomic E-state index is 2.36. The summed E-state index contributed by atoms with van der Waals surface area (Å²) in [7, 11) is 0. The highest BCUT2D eigenvalue weighted by atomic mass is 14.5. The molecule has 9 heavy (non-hydrogen) atoms. The van der Waals surface area contributed by atoms with E-state index in [9.17, 15) is 0 Å². The Hall–Kier alpha value is -0.130. The van der Waals surface area contributed by atoms with Gasteiger partial charge in [-0.1, -0.05) is 0 Å². The van der Waals surface area contributed by atoms with Crippen LogP contribution in [0.1, 0.15) is 39.0 Å². The zero-order chi connectivity index (χ0) is 6.27. The van der Waals surface area contributed by atoms with Gasteiger partial charge in [-0.2, -0.15) is 0 Å². The fourth-order valence-corrected chi connectivity index (χ4v) is 2.17. The molecule has 2 aliphatic rings. The van der Waals surface area contributed by atoms with Crippen molar-refractivity contribution in [3.05, 3.63) is 5.92 Å². The van der Waals surface area contributed by atoms with Crippen LogP contribution in [0, 0.1) is 17.8 Å². The van der Waals surface area contributed by atoms with Crippen LogP contribution >= 0.6 is 0 Å². The maximum absolute atomic E-state index is 2.36. The molecule has 2 atom stereocenters. The molecule has 0 radical (unpaired) electrons. The molecule has 0 aromatic rings. The van der Waals surface area contributed by atoms with Gasteiger partial charge in [0.25, 0.3) is 0 Å². The molecule has 0 heterocycles. The fourth-order valence-electron chi connectivity index (χ4n) is 2.17. The summed E-state index contributed by atoms with van der Waals surface area (Å²) < 4.78 is 0. The van der Waals surface area contributed by atoms with Crippen LogP contribution in [0.25, 0.3) is 0 Å². The minimum Gasteiger partial charge on any atom is -0.0488 e. The first-order valence-electron chi connectivity index (χ1n) is 4.20. The van der Waals surface area contributed by atoms with E-state index in [4.69, 9.17) is 0 Å². The van der Waals surface area contributed by atoms with Gasteiger partial charge >= 0.3 is 0 Å². The summed E-state index contributed by atoms with van der Waals surface area (Å²) in [6.45, 7) is 2.36. The van der Waals surface area contributed by atoms with Gasteiger partial charge in [0.05, 0.1) is 19.3 Å². The number of hydrogen-bond donors (Lipinski definition) is 0. The largest absolute Gasteiger partial charge is 0.103 e. The van der Waals surface area contributed by atoms with Crippen molar-refractivity contribution in [3.8, 4) is 0 Å². The Balaban J connectivity index is 1.96. The van der Waals surface area contributed by atoms with Gasteiger partial charge in [0.2, 0.25) is 0 Å². The van der Waals surface area contributed by atoms with E-state index in [1.165, 1.54) is 32.1 Å². The lowest BCUT2D eigenvalue weighted by atomic mass is 10.0. The molecule has 2 unspecified atom stereocenters. The summed E-state index contributed by atoms with van der Waals surface area (Å²) >= 11 is 0. The number of hydrogen-bond acceptors (Lipinski definition) is 0. The average Bonchev–Trinajstić information content (AvgIpc) is 2.55. The lowest BCUT2D eigenvalue weighted by Gasteiger charge is -1.93. The molecule has 2 saturated carbocycles. The minimum atomic E-state index is 1.08. The first-order valence-corrected chi connectivity index (χ1v) is 4.20. The quantitative estimate of drug-likeness (QED) is 0.434. The Morgan fingerprint density at radius 1 is 1.33 bits per heavy atom. The van der Waals surface area contributed by atoms with Crippen LogP contribution in [0.3, 0.4) is 0 Å². The summed E-state index contributed by atoms with van der Waals surface area (Å²) in [4.78, 5) is 0. The van der Waals surface area contributed by atoms with Crippen LogP contribution in [0.15, 0.2) is 0 Å². The Labute approximate surface area is 57.6 Å². The van der Waals surface area contributed by atoms with Gasteiger partial charge in [-0.15, -0.1) is 0 Å². The summed E-state index contributed by atoms with van der Waals surface area (Å²) in [6, 6.07) is 0. The molecule has 50 valence electrons. The van der Waals surface area contributed by atoms with Crippen molar-refractivity contribution < 1.29 is 0 Å². The molecule has 0 nitrogen and oxygen atoms in total. The second-order valence-corrected chi connectivity index (χ2v) is 3.69. The fraction of sp³-hybridized carbons (Fsp3) is 0.889. The third kappa shape index (κ3) is 0.953. The smallest absolute Gasteiger partial charge is 0.0488 e. The lowest BCUT2D eigenvalue weighted by Crippen LogP contribution is -1.92. The topological polar surface area (TPSA) is 0 Å². The molecule has 0 heteroatoms. The van der Waals surface area contributed by atoms with E-state index in [1.807, 2.05) is 0 Å². The first-order chi connectivity index (χ1) is 4.38. The molecular formula is C9H15+. The summed E-state index contributed by atoms with van der Waals surface area (Å²) in [6.07, 6.45) is 7.46. The highest BCUT2D eigenvalue weighted by molar-refractivity contribution is 5.06. The molecule has 0 saturated heterocycles. The third-order valence-electron chi connectivity index (χ3n) is 2.95. The van der Waals surface area contributed by atoms with E-state index >= 15 is 0 Å². The molecule has 0 amide bonds. The van der Waals surface area contributed by atoms with E-state index in [2.05, 4.69) is 6.92 Å². The molecule has 0 spiro atoms. The van der Waals surface area contributed by atoms with Crippen molar-refractivity contribution in [1.29, 1.82) is 0 Å². The minimum absolute atomic E-state index is 1.08. The number of rotatable bonds is 0. The van der Waals surface area contributed by atoms with Crippen molar-refractivity contribution in [1.82, 2.24) is 0 Å². The van der Waals surface area contributed by atoms with Crippen LogP contribution < -0.4 is 0 Å². The Kier molecular flexibility index (Phi) is 1.21. The predicted molar refractivity (Wildman–Crippen MR) is 39.0 cm³/mol. The second kappa shape index (κ2) is 1.93. The van der Waals surface area contributed by atoms with Gasteiger partial charge in [-0.05, 0) is 25.7 Å². The van der Waals surface area contributed by atoms with E-state index in [0.29, 0.717) is 0 Å². The van der Waals surface area contributed by atoms with Crippen LogP contribution in [-0.4, -0.2) is 0 Å². The molecular weight excluding hydrogens is 108 g/mol.